The van der Waals surface area contributed by atoms with Crippen LogP contribution >= 0.6 is 0 Å². The van der Waals surface area contributed by atoms with Crippen molar-refractivity contribution in [3.05, 3.63) is 83.3 Å². The lowest BCUT2D eigenvalue weighted by Crippen LogP contribution is -2.30. The Bertz CT molecular complexity index is 1230. The van der Waals surface area contributed by atoms with E-state index in [4.69, 9.17) is 11.1 Å². The topological polar surface area (TPSA) is 104 Å². The minimum absolute atomic E-state index is 0.223. The average Bonchev–Trinajstić information content (AvgIpc) is 2.73. The van der Waals surface area contributed by atoms with Crippen LogP contribution in [0.25, 0.3) is 11.8 Å². The van der Waals surface area contributed by atoms with Crippen molar-refractivity contribution in [2.75, 3.05) is 22.5 Å². The van der Waals surface area contributed by atoms with Crippen LogP contribution in [0.1, 0.15) is 29.3 Å². The predicted octanol–water partition coefficient (Wildman–Crippen LogP) is 4.23. The molecule has 0 saturated carbocycles. The lowest BCUT2D eigenvalue weighted by Gasteiger charge is -2.34. The van der Waals surface area contributed by atoms with Gasteiger partial charge in [-0.3, -0.25) is 4.98 Å². The van der Waals surface area contributed by atoms with Crippen molar-refractivity contribution >= 4 is 34.8 Å². The molecule has 4 rings (SSSR count). The maximum atomic E-state index is 14.8. The van der Waals surface area contributed by atoms with E-state index in [9.17, 15) is 4.39 Å². The van der Waals surface area contributed by atoms with Crippen LogP contribution in [0.3, 0.4) is 0 Å². The smallest absolute Gasteiger partial charge is 0.147 e. The number of hydrogen-bond acceptors (Lipinski definition) is 7. The van der Waals surface area contributed by atoms with Crippen molar-refractivity contribution in [3.63, 3.8) is 0 Å². The fourth-order valence-corrected chi connectivity index (χ4v) is 3.71. The highest BCUT2D eigenvalue weighted by atomic mass is 19.1. The molecular formula is C23H22FN7. The number of hydrogen-bond donors (Lipinski definition) is 3. The molecular weight excluding hydrogens is 393 g/mol. The van der Waals surface area contributed by atoms with E-state index in [0.717, 1.165) is 22.5 Å². The number of nitrogens with two attached hydrogens (primary N) is 1. The van der Waals surface area contributed by atoms with Crippen molar-refractivity contribution in [1.29, 1.82) is 5.41 Å². The first kappa shape index (κ1) is 20.2. The van der Waals surface area contributed by atoms with Gasteiger partial charge in [0.05, 0.1) is 23.5 Å². The summed E-state index contributed by atoms with van der Waals surface area (Å²) < 4.78 is 14.8. The Labute approximate surface area is 179 Å². The second kappa shape index (κ2) is 7.98. The molecule has 1 aliphatic heterocycles. The third kappa shape index (κ3) is 3.63. The molecule has 0 spiro atoms. The van der Waals surface area contributed by atoms with Gasteiger partial charge < -0.3 is 21.4 Å². The fourth-order valence-electron chi connectivity index (χ4n) is 3.71. The van der Waals surface area contributed by atoms with Gasteiger partial charge in [0.15, 0.2) is 0 Å². The number of aromatic nitrogens is 3. The second-order valence-electron chi connectivity index (χ2n) is 7.22. The zero-order valence-corrected chi connectivity index (χ0v) is 17.3. The highest BCUT2D eigenvalue weighted by molar-refractivity contribution is 6.04. The van der Waals surface area contributed by atoms with E-state index in [0.29, 0.717) is 22.8 Å². The number of nitrogen functional groups attached to an aromatic ring is 1. The van der Waals surface area contributed by atoms with Gasteiger partial charge in [-0.2, -0.15) is 0 Å². The molecule has 156 valence electrons. The minimum Gasteiger partial charge on any atom is -0.383 e. The molecule has 8 heteroatoms. The van der Waals surface area contributed by atoms with Gasteiger partial charge in [-0.05, 0) is 43.7 Å². The molecule has 31 heavy (non-hydrogen) atoms. The molecule has 0 atom stereocenters. The molecule has 0 bridgehead atoms. The van der Waals surface area contributed by atoms with Gasteiger partial charge in [0, 0.05) is 28.9 Å². The quantitative estimate of drug-likeness (QED) is 0.539. The Hall–Kier alpha value is -4.07. The van der Waals surface area contributed by atoms with Gasteiger partial charge in [0.25, 0.3) is 0 Å². The summed E-state index contributed by atoms with van der Waals surface area (Å²) in [6.45, 7) is 8.13. The molecule has 0 fully saturated rings. The van der Waals surface area contributed by atoms with Gasteiger partial charge in [0.2, 0.25) is 0 Å². The molecule has 0 radical (unpaired) electrons. The number of halogens is 1. The fraction of sp³-hybridized carbons (Fsp3) is 0.130. The average molecular weight is 415 g/mol. The number of fused-ring (bicyclic) bond motifs is 1. The SMILES string of the molecule is C=C1c2c(C)ccnc2C=C(CNc2ncnc(N)c2C(C)=N)N1c1ccccc1F. The van der Waals surface area contributed by atoms with Crippen molar-refractivity contribution in [2.45, 2.75) is 13.8 Å². The third-order valence-electron chi connectivity index (χ3n) is 5.12. The normalized spacial score (nSPS) is 12.9. The number of para-hydroxylation sites is 1. The lowest BCUT2D eigenvalue weighted by molar-refractivity contribution is 0.627. The summed E-state index contributed by atoms with van der Waals surface area (Å²) in [4.78, 5) is 14.5. The Morgan fingerprint density at radius 2 is 2.00 bits per heavy atom. The van der Waals surface area contributed by atoms with E-state index in [2.05, 4.69) is 26.8 Å². The summed E-state index contributed by atoms with van der Waals surface area (Å²) in [5, 5.41) is 11.2. The van der Waals surface area contributed by atoms with Gasteiger partial charge in [-0.15, -0.1) is 0 Å². The predicted molar refractivity (Wildman–Crippen MR) is 122 cm³/mol. The molecule has 0 saturated heterocycles. The van der Waals surface area contributed by atoms with Crippen LogP contribution in [0, 0.1) is 18.2 Å². The van der Waals surface area contributed by atoms with Crippen LogP contribution in [0.15, 0.2) is 55.1 Å². The van der Waals surface area contributed by atoms with E-state index in [-0.39, 0.29) is 23.9 Å². The summed E-state index contributed by atoms with van der Waals surface area (Å²) in [6, 6.07) is 8.46. The standard InChI is InChI=1S/C23H22FN7/c1-13-8-9-27-18-10-16(11-28-23-21(14(2)25)22(26)29-12-30-23)31(15(3)20(13)18)19-7-5-4-6-17(19)24/h4-10,12,25H,3,11H2,1-2H3,(H3,26,28,29,30). The maximum Gasteiger partial charge on any atom is 0.147 e. The second-order valence-corrected chi connectivity index (χ2v) is 7.22. The number of aryl methyl sites for hydroxylation is 1. The summed E-state index contributed by atoms with van der Waals surface area (Å²) in [5.74, 6) is 0.297. The number of nitrogens with one attached hydrogen (secondary N) is 2. The summed E-state index contributed by atoms with van der Waals surface area (Å²) in [6.07, 6.45) is 4.98. The minimum atomic E-state index is -0.359. The number of benzene rings is 1. The van der Waals surface area contributed by atoms with Crippen molar-refractivity contribution in [2.24, 2.45) is 0 Å². The molecule has 4 N–H and O–H groups in total. The van der Waals surface area contributed by atoms with E-state index in [1.54, 1.807) is 36.2 Å². The first-order valence-electron chi connectivity index (χ1n) is 9.68. The first-order valence-corrected chi connectivity index (χ1v) is 9.68. The van der Waals surface area contributed by atoms with Crippen LogP contribution < -0.4 is 16.0 Å². The Morgan fingerprint density at radius 1 is 1.23 bits per heavy atom. The molecule has 3 aromatic rings. The van der Waals surface area contributed by atoms with E-state index < -0.39 is 0 Å². The Morgan fingerprint density at radius 3 is 2.74 bits per heavy atom. The van der Waals surface area contributed by atoms with Crippen molar-refractivity contribution < 1.29 is 4.39 Å². The molecule has 7 nitrogen and oxygen atoms in total. The summed E-state index contributed by atoms with van der Waals surface area (Å²) >= 11 is 0. The van der Waals surface area contributed by atoms with Gasteiger partial charge in [-0.1, -0.05) is 18.7 Å². The van der Waals surface area contributed by atoms with Crippen LogP contribution in [0.5, 0.6) is 0 Å². The van der Waals surface area contributed by atoms with E-state index in [1.165, 1.54) is 12.4 Å². The molecule has 2 aromatic heterocycles. The molecule has 0 unspecified atom stereocenters. The molecule has 3 heterocycles. The van der Waals surface area contributed by atoms with Crippen molar-refractivity contribution in [3.8, 4) is 0 Å². The zero-order chi connectivity index (χ0) is 22.1. The van der Waals surface area contributed by atoms with Crippen molar-refractivity contribution in [1.82, 2.24) is 15.0 Å². The van der Waals surface area contributed by atoms with Crippen LogP contribution in [0.2, 0.25) is 0 Å². The summed E-state index contributed by atoms with van der Waals surface area (Å²) in [7, 11) is 0. The van der Waals surface area contributed by atoms with E-state index >= 15 is 0 Å². The summed E-state index contributed by atoms with van der Waals surface area (Å²) in [5.41, 5.74) is 11.0. The van der Waals surface area contributed by atoms with Gasteiger partial charge in [0.1, 0.15) is 23.8 Å². The number of rotatable bonds is 5. The largest absolute Gasteiger partial charge is 0.383 e. The molecule has 0 aliphatic carbocycles. The number of nitrogens with zero attached hydrogens (tertiary/aromatic N) is 4. The van der Waals surface area contributed by atoms with Crippen LogP contribution in [0.4, 0.5) is 21.7 Å². The van der Waals surface area contributed by atoms with Crippen LogP contribution in [-0.4, -0.2) is 27.2 Å². The molecule has 0 amide bonds. The first-order chi connectivity index (χ1) is 14.9. The molecule has 1 aliphatic rings. The monoisotopic (exact) mass is 415 g/mol. The number of pyridine rings is 1. The Balaban J connectivity index is 1.79. The zero-order valence-electron chi connectivity index (χ0n) is 17.3. The highest BCUT2D eigenvalue weighted by Crippen LogP contribution is 2.38. The number of anilines is 3. The van der Waals surface area contributed by atoms with E-state index in [1.807, 2.05) is 19.1 Å². The maximum absolute atomic E-state index is 14.8. The third-order valence-corrected chi connectivity index (χ3v) is 5.12. The molecule has 1 aromatic carbocycles. The lowest BCUT2D eigenvalue weighted by atomic mass is 9.98. The van der Waals surface area contributed by atoms with Crippen LogP contribution in [-0.2, 0) is 0 Å². The Kier molecular flexibility index (Phi) is 5.21. The van der Waals surface area contributed by atoms with Gasteiger partial charge in [-0.25, -0.2) is 14.4 Å². The van der Waals surface area contributed by atoms with Gasteiger partial charge >= 0.3 is 0 Å². The highest BCUT2D eigenvalue weighted by Gasteiger charge is 2.27.